The quantitative estimate of drug-likeness (QED) is 0.678. The molecule has 0 radical (unpaired) electrons. The Labute approximate surface area is 130 Å². The summed E-state index contributed by atoms with van der Waals surface area (Å²) >= 11 is 11.9. The third kappa shape index (κ3) is 2.46. The number of aromatic nitrogens is 3. The molecule has 0 amide bonds. The molecule has 7 heteroatoms. The van der Waals surface area contributed by atoms with Crippen molar-refractivity contribution in [3.8, 4) is 11.4 Å². The zero-order chi connectivity index (χ0) is 15.0. The molecule has 0 spiro atoms. The second-order valence-electron chi connectivity index (χ2n) is 4.29. The molecule has 0 aliphatic rings. The first-order valence-corrected chi connectivity index (χ1v) is 6.74. The molecule has 0 fully saturated rings. The van der Waals surface area contributed by atoms with E-state index in [0.29, 0.717) is 27.1 Å². The molecule has 0 saturated carbocycles. The van der Waals surface area contributed by atoms with E-state index in [2.05, 4.69) is 10.2 Å². The number of esters is 1. The standard InChI is InChI=1S/C14H9Cl2N3O2/c1-21-14(20)9-3-5-12-17-18-13(19(12)7-9)8-2-4-10(15)11(16)6-8/h2-7H,1H3. The largest absolute Gasteiger partial charge is 0.465 e. The number of fused-ring (bicyclic) bond motifs is 1. The van der Waals surface area contributed by atoms with Gasteiger partial charge >= 0.3 is 5.97 Å². The summed E-state index contributed by atoms with van der Waals surface area (Å²) in [6, 6.07) is 8.50. The number of halogens is 2. The summed E-state index contributed by atoms with van der Waals surface area (Å²) in [6.45, 7) is 0. The van der Waals surface area contributed by atoms with Crippen LogP contribution in [0.2, 0.25) is 10.0 Å². The first-order valence-electron chi connectivity index (χ1n) is 5.98. The lowest BCUT2D eigenvalue weighted by atomic mass is 10.2. The Kier molecular flexibility index (Phi) is 3.53. The number of hydrogen-bond donors (Lipinski definition) is 0. The highest BCUT2D eigenvalue weighted by Gasteiger charge is 2.12. The molecule has 0 bridgehead atoms. The first-order chi connectivity index (χ1) is 10.1. The minimum absolute atomic E-state index is 0.408. The normalized spacial score (nSPS) is 10.8. The van der Waals surface area contributed by atoms with Crippen molar-refractivity contribution >= 4 is 34.8 Å². The molecule has 2 heterocycles. The Morgan fingerprint density at radius 3 is 2.67 bits per heavy atom. The van der Waals surface area contributed by atoms with Gasteiger partial charge in [-0.3, -0.25) is 4.40 Å². The molecule has 3 rings (SSSR count). The Morgan fingerprint density at radius 2 is 1.95 bits per heavy atom. The van der Waals surface area contributed by atoms with Gasteiger partial charge in [-0.05, 0) is 30.3 Å². The Morgan fingerprint density at radius 1 is 1.14 bits per heavy atom. The van der Waals surface area contributed by atoms with Crippen LogP contribution >= 0.6 is 23.2 Å². The second kappa shape index (κ2) is 5.35. The van der Waals surface area contributed by atoms with Crippen molar-refractivity contribution in [2.75, 3.05) is 7.11 Å². The zero-order valence-electron chi connectivity index (χ0n) is 10.9. The van der Waals surface area contributed by atoms with Crippen LogP contribution in [0.1, 0.15) is 10.4 Å². The molecule has 0 N–H and O–H groups in total. The summed E-state index contributed by atoms with van der Waals surface area (Å²) in [5.41, 5.74) is 1.77. The minimum atomic E-state index is -0.425. The fourth-order valence-corrected chi connectivity index (χ4v) is 2.26. The number of hydrogen-bond acceptors (Lipinski definition) is 4. The Hall–Kier alpha value is -2.11. The molecule has 0 unspecified atom stereocenters. The SMILES string of the molecule is COC(=O)c1ccc2nnc(-c3ccc(Cl)c(Cl)c3)n2c1. The van der Waals surface area contributed by atoms with Gasteiger partial charge in [0.15, 0.2) is 11.5 Å². The predicted octanol–water partition coefficient (Wildman–Crippen LogP) is 3.49. The van der Waals surface area contributed by atoms with Crippen LogP contribution in [0.3, 0.4) is 0 Å². The van der Waals surface area contributed by atoms with E-state index in [-0.39, 0.29) is 0 Å². The van der Waals surface area contributed by atoms with Gasteiger partial charge in [0.05, 0.1) is 22.7 Å². The van der Waals surface area contributed by atoms with Gasteiger partial charge < -0.3 is 4.74 Å². The number of pyridine rings is 1. The van der Waals surface area contributed by atoms with Crippen LogP contribution in [0.25, 0.3) is 17.0 Å². The summed E-state index contributed by atoms with van der Waals surface area (Å²) in [7, 11) is 1.33. The number of nitrogens with zero attached hydrogens (tertiary/aromatic N) is 3. The predicted molar refractivity (Wildman–Crippen MR) is 79.8 cm³/mol. The molecular formula is C14H9Cl2N3O2. The molecule has 0 aliphatic heterocycles. The maximum Gasteiger partial charge on any atom is 0.339 e. The van der Waals surface area contributed by atoms with E-state index >= 15 is 0 Å². The third-order valence-electron chi connectivity index (χ3n) is 3.00. The van der Waals surface area contributed by atoms with Crippen molar-refractivity contribution in [3.63, 3.8) is 0 Å². The lowest BCUT2D eigenvalue weighted by molar-refractivity contribution is 0.0600. The molecule has 106 valence electrons. The van der Waals surface area contributed by atoms with Gasteiger partial charge in [-0.25, -0.2) is 4.79 Å². The van der Waals surface area contributed by atoms with Crippen molar-refractivity contribution in [2.45, 2.75) is 0 Å². The topological polar surface area (TPSA) is 56.5 Å². The van der Waals surface area contributed by atoms with E-state index in [4.69, 9.17) is 27.9 Å². The number of methoxy groups -OCH3 is 1. The van der Waals surface area contributed by atoms with E-state index in [9.17, 15) is 4.79 Å². The highest BCUT2D eigenvalue weighted by Crippen LogP contribution is 2.28. The second-order valence-corrected chi connectivity index (χ2v) is 5.10. The van der Waals surface area contributed by atoms with Crippen molar-refractivity contribution in [1.82, 2.24) is 14.6 Å². The van der Waals surface area contributed by atoms with E-state index in [1.807, 2.05) is 0 Å². The number of ether oxygens (including phenoxy) is 1. The van der Waals surface area contributed by atoms with Crippen molar-refractivity contribution in [2.24, 2.45) is 0 Å². The zero-order valence-corrected chi connectivity index (χ0v) is 12.4. The molecular weight excluding hydrogens is 313 g/mol. The molecule has 0 saturated heterocycles. The van der Waals surface area contributed by atoms with Crippen LogP contribution in [0.4, 0.5) is 0 Å². The van der Waals surface area contributed by atoms with Gasteiger partial charge in [-0.2, -0.15) is 0 Å². The highest BCUT2D eigenvalue weighted by molar-refractivity contribution is 6.42. The van der Waals surface area contributed by atoms with E-state index in [1.165, 1.54) is 7.11 Å². The molecule has 21 heavy (non-hydrogen) atoms. The van der Waals surface area contributed by atoms with Crippen molar-refractivity contribution in [1.29, 1.82) is 0 Å². The van der Waals surface area contributed by atoms with Crippen LogP contribution in [0.15, 0.2) is 36.5 Å². The fraction of sp³-hybridized carbons (Fsp3) is 0.0714. The van der Waals surface area contributed by atoms with Gasteiger partial charge in [-0.1, -0.05) is 23.2 Å². The number of rotatable bonds is 2. The maximum absolute atomic E-state index is 11.6. The van der Waals surface area contributed by atoms with Gasteiger partial charge in [0.2, 0.25) is 0 Å². The molecule has 5 nitrogen and oxygen atoms in total. The molecule has 1 aromatic carbocycles. The highest BCUT2D eigenvalue weighted by atomic mass is 35.5. The number of carbonyl (C=O) groups is 1. The van der Waals surface area contributed by atoms with Gasteiger partial charge in [-0.15, -0.1) is 10.2 Å². The molecule has 0 atom stereocenters. The summed E-state index contributed by atoms with van der Waals surface area (Å²) in [5.74, 6) is 0.139. The Balaban J connectivity index is 2.18. The van der Waals surface area contributed by atoms with Gasteiger partial charge in [0.25, 0.3) is 0 Å². The molecule has 3 aromatic rings. The third-order valence-corrected chi connectivity index (χ3v) is 3.74. The monoisotopic (exact) mass is 321 g/mol. The van der Waals surface area contributed by atoms with E-state index in [0.717, 1.165) is 5.56 Å². The lowest BCUT2D eigenvalue weighted by Crippen LogP contribution is -2.03. The fourth-order valence-electron chi connectivity index (χ4n) is 1.96. The first kappa shape index (κ1) is 13.9. The lowest BCUT2D eigenvalue weighted by Gasteiger charge is -2.04. The molecule has 2 aromatic heterocycles. The van der Waals surface area contributed by atoms with Gasteiger partial charge in [0.1, 0.15) is 0 Å². The van der Waals surface area contributed by atoms with Gasteiger partial charge in [0, 0.05) is 11.8 Å². The van der Waals surface area contributed by atoms with Crippen LogP contribution in [0.5, 0.6) is 0 Å². The van der Waals surface area contributed by atoms with E-state index < -0.39 is 5.97 Å². The maximum atomic E-state index is 11.6. The number of benzene rings is 1. The smallest absolute Gasteiger partial charge is 0.339 e. The van der Waals surface area contributed by atoms with Crippen molar-refractivity contribution < 1.29 is 9.53 Å². The van der Waals surface area contributed by atoms with Crippen LogP contribution in [-0.2, 0) is 4.74 Å². The van der Waals surface area contributed by atoms with Crippen LogP contribution in [0, 0.1) is 0 Å². The molecule has 0 aliphatic carbocycles. The summed E-state index contributed by atoms with van der Waals surface area (Å²) in [5, 5.41) is 9.07. The minimum Gasteiger partial charge on any atom is -0.465 e. The number of carbonyl (C=O) groups excluding carboxylic acids is 1. The van der Waals surface area contributed by atoms with Crippen LogP contribution in [-0.4, -0.2) is 27.7 Å². The van der Waals surface area contributed by atoms with Crippen LogP contribution < -0.4 is 0 Å². The average Bonchev–Trinajstić information content (AvgIpc) is 2.92. The summed E-state index contributed by atoms with van der Waals surface area (Å²) < 4.78 is 6.41. The van der Waals surface area contributed by atoms with Crippen molar-refractivity contribution in [3.05, 3.63) is 52.1 Å². The Bertz CT molecular complexity index is 845. The average molecular weight is 322 g/mol. The summed E-state index contributed by atoms with van der Waals surface area (Å²) in [4.78, 5) is 11.6. The van der Waals surface area contributed by atoms with E-state index in [1.54, 1.807) is 40.9 Å². The summed E-state index contributed by atoms with van der Waals surface area (Å²) in [6.07, 6.45) is 1.62.